The van der Waals surface area contributed by atoms with E-state index in [-0.39, 0.29) is 11.8 Å². The fourth-order valence-corrected chi connectivity index (χ4v) is 4.11. The Balaban J connectivity index is 1.83. The van der Waals surface area contributed by atoms with Gasteiger partial charge in [-0.05, 0) is 47.0 Å². The lowest BCUT2D eigenvalue weighted by atomic mass is 10.0. The molecule has 1 aromatic heterocycles. The first kappa shape index (κ1) is 20.8. The number of benzene rings is 2. The van der Waals surface area contributed by atoms with E-state index in [2.05, 4.69) is 10.6 Å². The molecule has 2 amide bonds. The molecule has 0 spiro atoms. The number of hydrogen-bond acceptors (Lipinski definition) is 4. The molecule has 2 unspecified atom stereocenters. The molecule has 29 heavy (non-hydrogen) atoms. The number of hydrogen-bond donors (Lipinski definition) is 2. The minimum atomic E-state index is -0.802. The van der Waals surface area contributed by atoms with Gasteiger partial charge in [0.1, 0.15) is 12.1 Å². The Bertz CT molecular complexity index is 1060. The fraction of sp³-hybridized carbons (Fsp3) is 0.227. The maximum Gasteiger partial charge on any atom is 0.251 e. The van der Waals surface area contributed by atoms with Crippen LogP contribution in [0.25, 0.3) is 10.1 Å². The Hall–Kier alpha value is -2.88. The molecule has 148 valence electrons. The maximum atomic E-state index is 12.8. The highest BCUT2D eigenvalue weighted by molar-refractivity contribution is 7.17. The van der Waals surface area contributed by atoms with Crippen LogP contribution in [0.2, 0.25) is 0 Å². The maximum absolute atomic E-state index is 12.8. The van der Waals surface area contributed by atoms with E-state index >= 15 is 0 Å². The number of nitrogens with zero attached hydrogens (tertiary/aromatic N) is 1. The normalized spacial score (nSPS) is 12.7. The van der Waals surface area contributed by atoms with Crippen molar-refractivity contribution < 1.29 is 9.59 Å². The van der Waals surface area contributed by atoms with E-state index in [1.54, 1.807) is 42.5 Å². The predicted octanol–water partition coefficient (Wildman–Crippen LogP) is 4.01. The van der Waals surface area contributed by atoms with E-state index in [0.717, 1.165) is 21.2 Å². The number of thiophene rings is 1. The molecule has 0 aliphatic heterocycles. The first-order chi connectivity index (χ1) is 14.0. The van der Waals surface area contributed by atoms with Crippen molar-refractivity contribution in [3.8, 4) is 6.07 Å². The standard InChI is InChI=1S/C22H20ClN3O2S/c1-14(12-24)25-22(28)19(10-17-13-29-20-5-3-2-4-18(17)20)26-21(27)16-8-6-15(11-23)7-9-16/h2-9,13-14,19H,10-11H2,1H3,(H,25,28)(H,26,27). The van der Waals surface area contributed by atoms with Crippen LogP contribution in [-0.4, -0.2) is 23.9 Å². The summed E-state index contributed by atoms with van der Waals surface area (Å²) < 4.78 is 1.12. The molecular weight excluding hydrogens is 406 g/mol. The van der Waals surface area contributed by atoms with Crippen LogP contribution in [0.1, 0.15) is 28.4 Å². The van der Waals surface area contributed by atoms with Gasteiger partial charge in [0, 0.05) is 22.6 Å². The van der Waals surface area contributed by atoms with Gasteiger partial charge in [-0.15, -0.1) is 22.9 Å². The summed E-state index contributed by atoms with van der Waals surface area (Å²) in [6, 6.07) is 15.4. The molecule has 0 aliphatic carbocycles. The highest BCUT2D eigenvalue weighted by atomic mass is 35.5. The third kappa shape index (κ3) is 5.14. The van der Waals surface area contributed by atoms with Crippen LogP contribution in [0, 0.1) is 11.3 Å². The number of nitriles is 1. The van der Waals surface area contributed by atoms with Crippen LogP contribution in [0.5, 0.6) is 0 Å². The summed E-state index contributed by atoms with van der Waals surface area (Å²) in [6.07, 6.45) is 0.333. The number of carbonyl (C=O) groups is 2. The van der Waals surface area contributed by atoms with Crippen LogP contribution in [-0.2, 0) is 17.1 Å². The van der Waals surface area contributed by atoms with E-state index in [4.69, 9.17) is 16.9 Å². The first-order valence-corrected chi connectivity index (χ1v) is 10.5. The zero-order valence-electron chi connectivity index (χ0n) is 15.8. The van der Waals surface area contributed by atoms with E-state index < -0.39 is 12.1 Å². The summed E-state index contributed by atoms with van der Waals surface area (Å²) >= 11 is 7.39. The van der Waals surface area contributed by atoms with Crippen LogP contribution in [0.15, 0.2) is 53.9 Å². The molecule has 0 saturated carbocycles. The molecule has 0 aliphatic rings. The van der Waals surface area contributed by atoms with Gasteiger partial charge >= 0.3 is 0 Å². The molecule has 7 heteroatoms. The lowest BCUT2D eigenvalue weighted by molar-refractivity contribution is -0.123. The second kappa shape index (κ2) is 9.55. The summed E-state index contributed by atoms with van der Waals surface area (Å²) in [5, 5.41) is 17.5. The van der Waals surface area contributed by atoms with Gasteiger partial charge in [0.25, 0.3) is 5.91 Å². The molecule has 3 rings (SSSR count). The van der Waals surface area contributed by atoms with Gasteiger partial charge in [0.2, 0.25) is 5.91 Å². The molecule has 2 atom stereocenters. The predicted molar refractivity (Wildman–Crippen MR) is 116 cm³/mol. The van der Waals surface area contributed by atoms with E-state index in [0.29, 0.717) is 17.9 Å². The summed E-state index contributed by atoms with van der Waals surface area (Å²) in [6.45, 7) is 1.60. The Labute approximate surface area is 178 Å². The topological polar surface area (TPSA) is 82.0 Å². The van der Waals surface area contributed by atoms with Gasteiger partial charge in [-0.2, -0.15) is 5.26 Å². The molecule has 3 aromatic rings. The summed E-state index contributed by atoms with van der Waals surface area (Å²) in [4.78, 5) is 25.5. The highest BCUT2D eigenvalue weighted by Gasteiger charge is 2.24. The smallest absolute Gasteiger partial charge is 0.251 e. The lowest BCUT2D eigenvalue weighted by Crippen LogP contribution is -2.50. The third-order valence-corrected chi connectivity index (χ3v) is 5.85. The highest BCUT2D eigenvalue weighted by Crippen LogP contribution is 2.26. The summed E-state index contributed by atoms with van der Waals surface area (Å²) in [5.41, 5.74) is 2.33. The minimum absolute atomic E-state index is 0.333. The monoisotopic (exact) mass is 425 g/mol. The van der Waals surface area contributed by atoms with Crippen molar-refractivity contribution in [3.05, 3.63) is 70.6 Å². The van der Waals surface area contributed by atoms with Crippen molar-refractivity contribution in [1.29, 1.82) is 5.26 Å². The second-order valence-corrected chi connectivity index (χ2v) is 7.86. The Kier molecular flexibility index (Phi) is 6.86. The van der Waals surface area contributed by atoms with Crippen LogP contribution in [0.4, 0.5) is 0 Å². The summed E-state index contributed by atoms with van der Waals surface area (Å²) in [7, 11) is 0. The fourth-order valence-electron chi connectivity index (χ4n) is 2.95. The molecule has 0 saturated heterocycles. The van der Waals surface area contributed by atoms with Crippen molar-refractivity contribution in [1.82, 2.24) is 10.6 Å². The molecule has 1 heterocycles. The average Bonchev–Trinajstić information content (AvgIpc) is 3.16. The zero-order valence-corrected chi connectivity index (χ0v) is 17.4. The molecule has 0 radical (unpaired) electrons. The Morgan fingerprint density at radius 3 is 2.55 bits per heavy atom. The van der Waals surface area contributed by atoms with Gasteiger partial charge < -0.3 is 10.6 Å². The van der Waals surface area contributed by atoms with Crippen molar-refractivity contribution in [3.63, 3.8) is 0 Å². The van der Waals surface area contributed by atoms with Gasteiger partial charge in [-0.3, -0.25) is 9.59 Å². The van der Waals surface area contributed by atoms with E-state index in [1.165, 1.54) is 0 Å². The Morgan fingerprint density at radius 1 is 1.14 bits per heavy atom. The number of amides is 2. The van der Waals surface area contributed by atoms with Gasteiger partial charge in [0.05, 0.1) is 6.07 Å². The van der Waals surface area contributed by atoms with Crippen LogP contribution >= 0.6 is 22.9 Å². The van der Waals surface area contributed by atoms with Gasteiger partial charge in [-0.25, -0.2) is 0 Å². The molecule has 0 fully saturated rings. The van der Waals surface area contributed by atoms with Crippen molar-refractivity contribution in [2.75, 3.05) is 0 Å². The number of nitrogens with one attached hydrogen (secondary N) is 2. The third-order valence-electron chi connectivity index (χ3n) is 4.53. The SMILES string of the molecule is CC(C#N)NC(=O)C(Cc1csc2ccccc12)NC(=O)c1ccc(CCl)cc1. The number of carbonyl (C=O) groups excluding carboxylic acids is 2. The number of alkyl halides is 1. The molecule has 0 bridgehead atoms. The molecule has 5 nitrogen and oxygen atoms in total. The number of fused-ring (bicyclic) bond motifs is 1. The quantitative estimate of drug-likeness (QED) is 0.561. The van der Waals surface area contributed by atoms with Gasteiger partial charge in [-0.1, -0.05) is 30.3 Å². The van der Waals surface area contributed by atoms with E-state index in [1.807, 2.05) is 35.7 Å². The largest absolute Gasteiger partial charge is 0.340 e. The van der Waals surface area contributed by atoms with Crippen molar-refractivity contribution >= 4 is 44.8 Å². The molecule has 2 aromatic carbocycles. The molecule has 2 N–H and O–H groups in total. The molecular formula is C22H20ClN3O2S. The minimum Gasteiger partial charge on any atom is -0.340 e. The second-order valence-electron chi connectivity index (χ2n) is 6.68. The number of halogens is 1. The lowest BCUT2D eigenvalue weighted by Gasteiger charge is -2.19. The number of rotatable bonds is 7. The van der Waals surface area contributed by atoms with Crippen molar-refractivity contribution in [2.45, 2.75) is 31.3 Å². The van der Waals surface area contributed by atoms with Crippen molar-refractivity contribution in [2.24, 2.45) is 0 Å². The van der Waals surface area contributed by atoms with Gasteiger partial charge in [0.15, 0.2) is 0 Å². The Morgan fingerprint density at radius 2 is 1.86 bits per heavy atom. The zero-order chi connectivity index (χ0) is 20.8. The van der Waals surface area contributed by atoms with Crippen LogP contribution in [0.3, 0.4) is 0 Å². The average molecular weight is 426 g/mol. The first-order valence-electron chi connectivity index (χ1n) is 9.12. The summed E-state index contributed by atoms with van der Waals surface area (Å²) in [5.74, 6) is -0.375. The van der Waals surface area contributed by atoms with Crippen LogP contribution < -0.4 is 10.6 Å². The van der Waals surface area contributed by atoms with E-state index in [9.17, 15) is 9.59 Å².